The van der Waals surface area contributed by atoms with Crippen LogP contribution in [0.4, 0.5) is 0 Å². The second-order valence-electron chi connectivity index (χ2n) is 7.86. The molecule has 8 heteroatoms. The molecule has 2 heterocycles. The molecule has 0 aliphatic heterocycles. The van der Waals surface area contributed by atoms with Gasteiger partial charge in [-0.1, -0.05) is 41.6 Å². The molecule has 34 heavy (non-hydrogen) atoms. The molecule has 2 aromatic heterocycles. The van der Waals surface area contributed by atoms with Gasteiger partial charge in [-0.05, 0) is 61.9 Å². The van der Waals surface area contributed by atoms with Crippen LogP contribution < -0.4 is 10.3 Å². The molecule has 0 saturated heterocycles. The molecular weight excluding hydrogens is 448 g/mol. The van der Waals surface area contributed by atoms with Gasteiger partial charge < -0.3 is 9.15 Å². The van der Waals surface area contributed by atoms with E-state index < -0.39 is 0 Å². The Bertz CT molecular complexity index is 1540. The van der Waals surface area contributed by atoms with Crippen LogP contribution in [0.5, 0.6) is 5.75 Å². The van der Waals surface area contributed by atoms with Gasteiger partial charge in [-0.3, -0.25) is 9.36 Å². The summed E-state index contributed by atoms with van der Waals surface area (Å²) in [5.74, 6) is 2.01. The average molecular weight is 471 g/mol. The average Bonchev–Trinajstić information content (AvgIpc) is 3.33. The molecule has 0 N–H and O–H groups in total. The molecule has 0 amide bonds. The van der Waals surface area contributed by atoms with Crippen molar-refractivity contribution in [3.63, 3.8) is 0 Å². The lowest BCUT2D eigenvalue weighted by Crippen LogP contribution is -2.22. The molecule has 0 radical (unpaired) electrons. The van der Waals surface area contributed by atoms with Crippen molar-refractivity contribution < 1.29 is 9.15 Å². The Hall–Kier alpha value is -3.91. The van der Waals surface area contributed by atoms with E-state index in [0.717, 1.165) is 28.1 Å². The van der Waals surface area contributed by atoms with Crippen LogP contribution in [0.1, 0.15) is 17.0 Å². The first-order chi connectivity index (χ1) is 16.5. The van der Waals surface area contributed by atoms with Crippen molar-refractivity contribution in [1.29, 1.82) is 0 Å². The Morgan fingerprint density at radius 3 is 2.56 bits per heavy atom. The minimum atomic E-state index is -0.107. The number of hydrogen-bond acceptors (Lipinski definition) is 7. The third-order valence-corrected chi connectivity index (χ3v) is 6.39. The van der Waals surface area contributed by atoms with Gasteiger partial charge in [-0.25, -0.2) is 4.98 Å². The first kappa shape index (κ1) is 21.9. The predicted molar refractivity (Wildman–Crippen MR) is 133 cm³/mol. The first-order valence-corrected chi connectivity index (χ1v) is 11.7. The Balaban J connectivity index is 1.50. The molecule has 0 spiro atoms. The zero-order valence-corrected chi connectivity index (χ0v) is 19.8. The number of fused-ring (bicyclic) bond motifs is 1. The van der Waals surface area contributed by atoms with Gasteiger partial charge in [0.1, 0.15) is 5.75 Å². The van der Waals surface area contributed by atoms with Crippen molar-refractivity contribution in [2.75, 3.05) is 7.11 Å². The maximum absolute atomic E-state index is 13.5. The van der Waals surface area contributed by atoms with E-state index >= 15 is 0 Å². The van der Waals surface area contributed by atoms with E-state index in [1.165, 1.54) is 11.8 Å². The van der Waals surface area contributed by atoms with Gasteiger partial charge in [0.25, 0.3) is 5.56 Å². The van der Waals surface area contributed by atoms with Gasteiger partial charge in [-0.2, -0.15) is 0 Å². The number of benzene rings is 3. The number of methoxy groups -OCH3 is 1. The predicted octanol–water partition coefficient (Wildman–Crippen LogP) is 5.35. The molecule has 7 nitrogen and oxygen atoms in total. The van der Waals surface area contributed by atoms with Crippen molar-refractivity contribution in [2.45, 2.75) is 24.8 Å². The van der Waals surface area contributed by atoms with Crippen molar-refractivity contribution in [3.05, 3.63) is 94.1 Å². The van der Waals surface area contributed by atoms with E-state index in [0.29, 0.717) is 33.6 Å². The summed E-state index contributed by atoms with van der Waals surface area (Å²) in [4.78, 5) is 18.3. The highest BCUT2D eigenvalue weighted by Crippen LogP contribution is 2.27. The zero-order chi connectivity index (χ0) is 23.7. The molecule has 0 unspecified atom stereocenters. The van der Waals surface area contributed by atoms with Crippen LogP contribution in [0.25, 0.3) is 28.0 Å². The summed E-state index contributed by atoms with van der Waals surface area (Å²) in [5.41, 5.74) is 4.29. The van der Waals surface area contributed by atoms with E-state index in [1.807, 2.05) is 68.4 Å². The second kappa shape index (κ2) is 9.15. The lowest BCUT2D eigenvalue weighted by Gasteiger charge is -2.15. The number of thioether (sulfide) groups is 1. The maximum atomic E-state index is 13.5. The quantitative estimate of drug-likeness (QED) is 0.244. The van der Waals surface area contributed by atoms with Crippen LogP contribution in [0.15, 0.2) is 81.1 Å². The van der Waals surface area contributed by atoms with E-state index in [1.54, 1.807) is 17.7 Å². The van der Waals surface area contributed by atoms with Crippen molar-refractivity contribution in [3.8, 4) is 22.9 Å². The number of ether oxygens (including phenoxy) is 1. The lowest BCUT2D eigenvalue weighted by atomic mass is 10.1. The Labute approximate surface area is 200 Å². The van der Waals surface area contributed by atoms with Gasteiger partial charge in [0.2, 0.25) is 11.8 Å². The van der Waals surface area contributed by atoms with E-state index in [9.17, 15) is 4.79 Å². The molecule has 0 saturated carbocycles. The molecule has 0 aliphatic carbocycles. The fourth-order valence-electron chi connectivity index (χ4n) is 3.77. The van der Waals surface area contributed by atoms with Gasteiger partial charge in [0.15, 0.2) is 5.16 Å². The minimum Gasteiger partial charge on any atom is -0.497 e. The first-order valence-electron chi connectivity index (χ1n) is 10.7. The van der Waals surface area contributed by atoms with Crippen molar-refractivity contribution in [2.24, 2.45) is 0 Å². The summed E-state index contributed by atoms with van der Waals surface area (Å²) in [5, 5.41) is 9.49. The summed E-state index contributed by atoms with van der Waals surface area (Å²) < 4.78 is 12.7. The van der Waals surface area contributed by atoms with Crippen molar-refractivity contribution in [1.82, 2.24) is 19.7 Å². The maximum Gasteiger partial charge on any atom is 0.266 e. The number of para-hydroxylation sites is 1. The molecule has 3 aromatic carbocycles. The fourth-order valence-corrected chi connectivity index (χ4v) is 4.61. The number of rotatable bonds is 6. The minimum absolute atomic E-state index is 0.107. The third kappa shape index (κ3) is 4.20. The summed E-state index contributed by atoms with van der Waals surface area (Å²) in [6, 6.07) is 20.8. The van der Waals surface area contributed by atoms with E-state index in [2.05, 4.69) is 16.3 Å². The largest absolute Gasteiger partial charge is 0.497 e. The molecule has 0 bridgehead atoms. The summed E-state index contributed by atoms with van der Waals surface area (Å²) in [6.45, 7) is 4.03. The zero-order valence-electron chi connectivity index (χ0n) is 19.0. The lowest BCUT2D eigenvalue weighted by molar-refractivity contribution is 0.415. The van der Waals surface area contributed by atoms with Gasteiger partial charge >= 0.3 is 0 Å². The SMILES string of the molecule is COc1ccc(-c2nnc(CSc3nc4ccccc4c(=O)n3-c3ccc(C)cc3C)o2)cc1. The topological polar surface area (TPSA) is 83.0 Å². The molecule has 170 valence electrons. The monoisotopic (exact) mass is 470 g/mol. The summed E-state index contributed by atoms with van der Waals surface area (Å²) in [6.07, 6.45) is 0. The van der Waals surface area contributed by atoms with Gasteiger partial charge in [0, 0.05) is 5.56 Å². The number of nitrogens with zero attached hydrogens (tertiary/aromatic N) is 4. The summed E-state index contributed by atoms with van der Waals surface area (Å²) >= 11 is 1.39. The van der Waals surface area contributed by atoms with Crippen LogP contribution in [0, 0.1) is 13.8 Å². The van der Waals surface area contributed by atoms with Gasteiger partial charge in [-0.15, -0.1) is 10.2 Å². The third-order valence-electron chi connectivity index (χ3n) is 5.47. The normalized spacial score (nSPS) is 11.1. The molecular formula is C26H22N4O3S. The van der Waals surface area contributed by atoms with Crippen LogP contribution >= 0.6 is 11.8 Å². The van der Waals surface area contributed by atoms with Crippen LogP contribution in [-0.4, -0.2) is 26.9 Å². The van der Waals surface area contributed by atoms with Crippen molar-refractivity contribution >= 4 is 22.7 Å². The Kier molecular flexibility index (Phi) is 5.90. The number of hydrogen-bond donors (Lipinski definition) is 0. The number of aromatic nitrogens is 4. The van der Waals surface area contributed by atoms with Crippen LogP contribution in [-0.2, 0) is 5.75 Å². The fraction of sp³-hybridized carbons (Fsp3) is 0.154. The standard InChI is InChI=1S/C26H22N4O3S/c1-16-8-13-22(17(2)14-16)30-25(31)20-6-4-5-7-21(20)27-26(30)34-15-23-28-29-24(33-23)18-9-11-19(32-3)12-10-18/h4-14H,15H2,1-3H3. The molecule has 5 rings (SSSR count). The highest BCUT2D eigenvalue weighted by molar-refractivity contribution is 7.98. The molecule has 5 aromatic rings. The van der Waals surface area contributed by atoms with Crippen LogP contribution in [0.3, 0.4) is 0 Å². The summed E-state index contributed by atoms with van der Waals surface area (Å²) in [7, 11) is 1.62. The molecule has 0 atom stereocenters. The highest BCUT2D eigenvalue weighted by Gasteiger charge is 2.17. The highest BCUT2D eigenvalue weighted by atomic mass is 32.2. The molecule has 0 aliphatic rings. The smallest absolute Gasteiger partial charge is 0.266 e. The number of aryl methyl sites for hydroxylation is 2. The second-order valence-corrected chi connectivity index (χ2v) is 8.80. The van der Waals surface area contributed by atoms with E-state index in [-0.39, 0.29) is 5.56 Å². The van der Waals surface area contributed by atoms with Crippen LogP contribution in [0.2, 0.25) is 0 Å². The Morgan fingerprint density at radius 2 is 1.79 bits per heavy atom. The van der Waals surface area contributed by atoms with Gasteiger partial charge in [0.05, 0.1) is 29.5 Å². The van der Waals surface area contributed by atoms with E-state index in [4.69, 9.17) is 14.1 Å². The Morgan fingerprint density at radius 1 is 1.00 bits per heavy atom. The molecule has 0 fully saturated rings.